The highest BCUT2D eigenvalue weighted by molar-refractivity contribution is 5.78. The SMILES string of the molecule is CNCC(C)C(=O)NCc1cccc(CN2CCCCCC2)c1. The molecule has 1 amide bonds. The minimum Gasteiger partial charge on any atom is -0.352 e. The van der Waals surface area contributed by atoms with Crippen LogP contribution in [0.3, 0.4) is 0 Å². The van der Waals surface area contributed by atoms with E-state index < -0.39 is 0 Å². The number of benzene rings is 1. The van der Waals surface area contributed by atoms with E-state index in [-0.39, 0.29) is 11.8 Å². The number of likely N-dealkylation sites (tertiary alicyclic amines) is 1. The molecule has 128 valence electrons. The second kappa shape index (κ2) is 9.68. The van der Waals surface area contributed by atoms with Crippen LogP contribution in [0.5, 0.6) is 0 Å². The molecule has 2 N–H and O–H groups in total. The Labute approximate surface area is 140 Å². The monoisotopic (exact) mass is 317 g/mol. The maximum absolute atomic E-state index is 12.0. The summed E-state index contributed by atoms with van der Waals surface area (Å²) in [6.07, 6.45) is 5.37. The van der Waals surface area contributed by atoms with Gasteiger partial charge < -0.3 is 10.6 Å². The van der Waals surface area contributed by atoms with Crippen molar-refractivity contribution in [2.75, 3.05) is 26.7 Å². The molecule has 1 atom stereocenters. The van der Waals surface area contributed by atoms with Gasteiger partial charge >= 0.3 is 0 Å². The lowest BCUT2D eigenvalue weighted by Crippen LogP contribution is -2.33. The number of amides is 1. The van der Waals surface area contributed by atoms with Crippen molar-refractivity contribution >= 4 is 5.91 Å². The van der Waals surface area contributed by atoms with Crippen LogP contribution in [0.1, 0.15) is 43.7 Å². The fourth-order valence-electron chi connectivity index (χ4n) is 3.15. The largest absolute Gasteiger partial charge is 0.352 e. The highest BCUT2D eigenvalue weighted by Gasteiger charge is 2.12. The minimum atomic E-state index is 0.000262. The molecule has 4 nitrogen and oxygen atoms in total. The summed E-state index contributed by atoms with van der Waals surface area (Å²) in [7, 11) is 1.87. The fourth-order valence-corrected chi connectivity index (χ4v) is 3.15. The van der Waals surface area contributed by atoms with Gasteiger partial charge in [-0.3, -0.25) is 9.69 Å². The molecule has 4 heteroatoms. The molecule has 1 saturated heterocycles. The lowest BCUT2D eigenvalue weighted by molar-refractivity contribution is -0.124. The van der Waals surface area contributed by atoms with Crippen LogP contribution in [0.2, 0.25) is 0 Å². The van der Waals surface area contributed by atoms with Crippen molar-refractivity contribution in [1.82, 2.24) is 15.5 Å². The highest BCUT2D eigenvalue weighted by Crippen LogP contribution is 2.14. The van der Waals surface area contributed by atoms with Crippen LogP contribution >= 0.6 is 0 Å². The highest BCUT2D eigenvalue weighted by atomic mass is 16.1. The Kier molecular flexibility index (Phi) is 7.56. The molecule has 0 bridgehead atoms. The maximum atomic E-state index is 12.0. The Morgan fingerprint density at radius 1 is 1.17 bits per heavy atom. The number of hydrogen-bond donors (Lipinski definition) is 2. The average Bonchev–Trinajstić information content (AvgIpc) is 2.82. The smallest absolute Gasteiger partial charge is 0.224 e. The van der Waals surface area contributed by atoms with Gasteiger partial charge in [0.05, 0.1) is 0 Å². The summed E-state index contributed by atoms with van der Waals surface area (Å²) in [5, 5.41) is 6.07. The Balaban J connectivity index is 1.85. The first kappa shape index (κ1) is 18.0. The summed E-state index contributed by atoms with van der Waals surface area (Å²) in [6, 6.07) is 8.62. The van der Waals surface area contributed by atoms with Crippen molar-refractivity contribution < 1.29 is 4.79 Å². The van der Waals surface area contributed by atoms with Crippen LogP contribution in [0, 0.1) is 5.92 Å². The van der Waals surface area contributed by atoms with E-state index in [1.54, 1.807) is 0 Å². The number of nitrogens with zero attached hydrogens (tertiary/aromatic N) is 1. The van der Waals surface area contributed by atoms with E-state index in [4.69, 9.17) is 0 Å². The van der Waals surface area contributed by atoms with Crippen LogP contribution in [-0.4, -0.2) is 37.5 Å². The quantitative estimate of drug-likeness (QED) is 0.812. The van der Waals surface area contributed by atoms with Crippen molar-refractivity contribution in [2.24, 2.45) is 5.92 Å². The molecule has 1 unspecified atom stereocenters. The minimum absolute atomic E-state index is 0.000262. The third kappa shape index (κ3) is 6.32. The van der Waals surface area contributed by atoms with Gasteiger partial charge in [-0.2, -0.15) is 0 Å². The molecule has 1 aliphatic heterocycles. The number of carbonyl (C=O) groups excluding carboxylic acids is 1. The zero-order valence-electron chi connectivity index (χ0n) is 14.6. The van der Waals surface area contributed by atoms with Gasteiger partial charge in [-0.05, 0) is 44.1 Å². The van der Waals surface area contributed by atoms with E-state index in [1.165, 1.54) is 49.9 Å². The Morgan fingerprint density at radius 2 is 1.87 bits per heavy atom. The molecule has 0 saturated carbocycles. The van der Waals surface area contributed by atoms with Gasteiger partial charge in [-0.1, -0.05) is 44.0 Å². The molecule has 0 spiro atoms. The normalized spacial score (nSPS) is 17.5. The summed E-state index contributed by atoms with van der Waals surface area (Å²) in [4.78, 5) is 14.5. The predicted molar refractivity (Wildman–Crippen MR) is 95.1 cm³/mol. The molecular weight excluding hydrogens is 286 g/mol. The summed E-state index contributed by atoms with van der Waals surface area (Å²) in [5.41, 5.74) is 2.53. The molecule has 0 aliphatic carbocycles. The second-order valence-electron chi connectivity index (χ2n) is 6.69. The molecule has 1 aromatic rings. The van der Waals surface area contributed by atoms with Crippen molar-refractivity contribution in [3.05, 3.63) is 35.4 Å². The Hall–Kier alpha value is -1.39. The van der Waals surface area contributed by atoms with E-state index >= 15 is 0 Å². The first-order valence-corrected chi connectivity index (χ1v) is 8.91. The lowest BCUT2D eigenvalue weighted by atomic mass is 10.1. The van der Waals surface area contributed by atoms with Crippen molar-refractivity contribution in [1.29, 1.82) is 0 Å². The Bertz CT molecular complexity index is 481. The first-order chi connectivity index (χ1) is 11.2. The standard InChI is InChI=1S/C19H31N3O/c1-16(13-20-2)19(23)21-14-17-8-7-9-18(12-17)15-22-10-5-3-4-6-11-22/h7-9,12,16,20H,3-6,10-11,13-15H2,1-2H3,(H,21,23). The van der Waals surface area contributed by atoms with E-state index in [1.807, 2.05) is 14.0 Å². The van der Waals surface area contributed by atoms with Gasteiger partial charge in [0, 0.05) is 25.6 Å². The molecule has 1 fully saturated rings. The zero-order chi connectivity index (χ0) is 16.5. The Morgan fingerprint density at radius 3 is 2.57 bits per heavy atom. The van der Waals surface area contributed by atoms with Crippen LogP contribution in [0.25, 0.3) is 0 Å². The number of hydrogen-bond acceptors (Lipinski definition) is 3. The van der Waals surface area contributed by atoms with Crippen molar-refractivity contribution in [3.63, 3.8) is 0 Å². The molecule has 1 aromatic carbocycles. The number of rotatable bonds is 7. The molecule has 23 heavy (non-hydrogen) atoms. The third-order valence-corrected chi connectivity index (χ3v) is 4.52. The van der Waals surface area contributed by atoms with Gasteiger partial charge in [0.1, 0.15) is 0 Å². The van der Waals surface area contributed by atoms with Crippen LogP contribution in [-0.2, 0) is 17.9 Å². The topological polar surface area (TPSA) is 44.4 Å². The molecule has 0 radical (unpaired) electrons. The summed E-state index contributed by atoms with van der Waals surface area (Å²) < 4.78 is 0. The van der Waals surface area contributed by atoms with Gasteiger partial charge in [-0.25, -0.2) is 0 Å². The van der Waals surface area contributed by atoms with Crippen LogP contribution < -0.4 is 10.6 Å². The summed E-state index contributed by atoms with van der Waals surface area (Å²) in [6.45, 7) is 6.71. The maximum Gasteiger partial charge on any atom is 0.224 e. The second-order valence-corrected chi connectivity index (χ2v) is 6.69. The molecule has 0 aromatic heterocycles. The first-order valence-electron chi connectivity index (χ1n) is 8.91. The predicted octanol–water partition coefficient (Wildman–Crippen LogP) is 2.53. The average molecular weight is 317 g/mol. The fraction of sp³-hybridized carbons (Fsp3) is 0.632. The van der Waals surface area contributed by atoms with E-state index in [0.29, 0.717) is 13.1 Å². The van der Waals surface area contributed by atoms with E-state index in [9.17, 15) is 4.79 Å². The van der Waals surface area contributed by atoms with Gasteiger partial charge in [0.2, 0.25) is 5.91 Å². The van der Waals surface area contributed by atoms with Crippen molar-refractivity contribution in [2.45, 2.75) is 45.7 Å². The van der Waals surface area contributed by atoms with Gasteiger partial charge in [0.25, 0.3) is 0 Å². The van der Waals surface area contributed by atoms with Crippen molar-refractivity contribution in [3.8, 4) is 0 Å². The van der Waals surface area contributed by atoms with Gasteiger partial charge in [-0.15, -0.1) is 0 Å². The summed E-state index contributed by atoms with van der Waals surface area (Å²) >= 11 is 0. The third-order valence-electron chi connectivity index (χ3n) is 4.52. The molecule has 1 heterocycles. The summed E-state index contributed by atoms with van der Waals surface area (Å²) in [5.74, 6) is 0.109. The van der Waals surface area contributed by atoms with E-state index in [0.717, 1.165) is 6.54 Å². The van der Waals surface area contributed by atoms with Crippen LogP contribution in [0.15, 0.2) is 24.3 Å². The number of carbonyl (C=O) groups is 1. The molecular formula is C19H31N3O. The van der Waals surface area contributed by atoms with E-state index in [2.05, 4.69) is 39.8 Å². The lowest BCUT2D eigenvalue weighted by Gasteiger charge is -2.20. The van der Waals surface area contributed by atoms with Crippen LogP contribution in [0.4, 0.5) is 0 Å². The van der Waals surface area contributed by atoms with Gasteiger partial charge in [0.15, 0.2) is 0 Å². The molecule has 2 rings (SSSR count). The zero-order valence-corrected chi connectivity index (χ0v) is 14.6. The number of nitrogens with one attached hydrogen (secondary N) is 2. The molecule has 1 aliphatic rings.